The number of aromatic nitrogens is 2. The van der Waals surface area contributed by atoms with Crippen molar-refractivity contribution in [2.75, 3.05) is 13.1 Å². The standard InChI is InChI=1S/C19H18ClN3S/c20-18-9-16-11-22-7-3-15(16)10-19(18)24-17-4-8-23(13-17)12-14-1-5-21-6-2-14/h1-3,5-7,9-11,17H,4,8,12-13H2. The Balaban J connectivity index is 1.44. The number of hydrogen-bond acceptors (Lipinski definition) is 4. The Morgan fingerprint density at radius 1 is 1.08 bits per heavy atom. The molecule has 3 nitrogen and oxygen atoms in total. The van der Waals surface area contributed by atoms with Gasteiger partial charge in [0.25, 0.3) is 0 Å². The van der Waals surface area contributed by atoms with Crippen LogP contribution in [0.3, 0.4) is 0 Å². The van der Waals surface area contributed by atoms with Gasteiger partial charge in [-0.05, 0) is 54.2 Å². The van der Waals surface area contributed by atoms with Gasteiger partial charge in [-0.2, -0.15) is 0 Å². The highest BCUT2D eigenvalue weighted by molar-refractivity contribution is 8.00. The van der Waals surface area contributed by atoms with Gasteiger partial charge in [0.2, 0.25) is 0 Å². The summed E-state index contributed by atoms with van der Waals surface area (Å²) in [5, 5.41) is 3.71. The van der Waals surface area contributed by atoms with Gasteiger partial charge in [-0.15, -0.1) is 11.8 Å². The maximum absolute atomic E-state index is 6.48. The van der Waals surface area contributed by atoms with Crippen LogP contribution in [0.2, 0.25) is 5.02 Å². The van der Waals surface area contributed by atoms with E-state index in [1.54, 1.807) is 0 Å². The van der Waals surface area contributed by atoms with Crippen LogP contribution in [0.5, 0.6) is 0 Å². The molecule has 2 aromatic heterocycles. The van der Waals surface area contributed by atoms with Crippen molar-refractivity contribution in [2.24, 2.45) is 0 Å². The van der Waals surface area contributed by atoms with E-state index >= 15 is 0 Å². The van der Waals surface area contributed by atoms with Gasteiger partial charge >= 0.3 is 0 Å². The molecular formula is C19H18ClN3S. The van der Waals surface area contributed by atoms with Crippen LogP contribution in [0.25, 0.3) is 10.8 Å². The summed E-state index contributed by atoms with van der Waals surface area (Å²) < 4.78 is 0. The lowest BCUT2D eigenvalue weighted by molar-refractivity contribution is 0.332. The van der Waals surface area contributed by atoms with Crippen LogP contribution in [0, 0.1) is 0 Å². The van der Waals surface area contributed by atoms with Gasteiger partial charge in [0, 0.05) is 53.4 Å². The summed E-state index contributed by atoms with van der Waals surface area (Å²) in [6, 6.07) is 10.4. The van der Waals surface area contributed by atoms with Crippen molar-refractivity contribution in [2.45, 2.75) is 23.1 Å². The van der Waals surface area contributed by atoms with Crippen molar-refractivity contribution in [3.05, 3.63) is 65.7 Å². The fourth-order valence-corrected chi connectivity index (χ4v) is 4.68. The van der Waals surface area contributed by atoms with Gasteiger partial charge in [-0.1, -0.05) is 11.6 Å². The number of nitrogens with zero attached hydrogens (tertiary/aromatic N) is 3. The van der Waals surface area contributed by atoms with E-state index in [1.807, 2.05) is 48.7 Å². The van der Waals surface area contributed by atoms with Crippen molar-refractivity contribution in [3.63, 3.8) is 0 Å². The van der Waals surface area contributed by atoms with Crippen LogP contribution < -0.4 is 0 Å². The monoisotopic (exact) mass is 355 g/mol. The highest BCUT2D eigenvalue weighted by atomic mass is 35.5. The molecule has 1 aromatic carbocycles. The van der Waals surface area contributed by atoms with E-state index in [1.165, 1.54) is 22.3 Å². The van der Waals surface area contributed by atoms with Crippen LogP contribution in [-0.4, -0.2) is 33.2 Å². The number of halogens is 1. The minimum Gasteiger partial charge on any atom is -0.298 e. The Labute approximate surface area is 151 Å². The summed E-state index contributed by atoms with van der Waals surface area (Å²) in [5.74, 6) is 0. The first-order valence-corrected chi connectivity index (χ1v) is 9.35. The smallest absolute Gasteiger partial charge is 0.0548 e. The summed E-state index contributed by atoms with van der Waals surface area (Å²) in [6.07, 6.45) is 8.61. The Bertz CT molecular complexity index is 840. The van der Waals surface area contributed by atoms with Crippen LogP contribution in [-0.2, 0) is 6.54 Å². The van der Waals surface area contributed by atoms with Crippen molar-refractivity contribution < 1.29 is 0 Å². The average molecular weight is 356 g/mol. The van der Waals surface area contributed by atoms with Gasteiger partial charge in [0.05, 0.1) is 5.02 Å². The third-order valence-electron chi connectivity index (χ3n) is 4.37. The number of pyridine rings is 2. The van der Waals surface area contributed by atoms with Crippen LogP contribution >= 0.6 is 23.4 Å². The molecule has 1 aliphatic heterocycles. The number of hydrogen-bond donors (Lipinski definition) is 0. The number of thioether (sulfide) groups is 1. The highest BCUT2D eigenvalue weighted by Gasteiger charge is 2.24. The highest BCUT2D eigenvalue weighted by Crippen LogP contribution is 2.37. The molecule has 122 valence electrons. The lowest BCUT2D eigenvalue weighted by Gasteiger charge is -2.16. The number of fused-ring (bicyclic) bond motifs is 1. The SMILES string of the molecule is Clc1cc2cnccc2cc1SC1CCN(Cc2ccncc2)C1. The Morgan fingerprint density at radius 2 is 1.92 bits per heavy atom. The fraction of sp³-hybridized carbons (Fsp3) is 0.263. The lowest BCUT2D eigenvalue weighted by Crippen LogP contribution is -2.20. The van der Waals surface area contributed by atoms with E-state index in [2.05, 4.69) is 33.1 Å². The molecule has 1 atom stereocenters. The molecule has 3 aromatic rings. The summed E-state index contributed by atoms with van der Waals surface area (Å²) in [4.78, 5) is 11.9. The molecule has 0 saturated carbocycles. The quantitative estimate of drug-likeness (QED) is 0.681. The van der Waals surface area contributed by atoms with Crippen molar-refractivity contribution in [1.29, 1.82) is 0 Å². The van der Waals surface area contributed by atoms with E-state index in [4.69, 9.17) is 11.6 Å². The molecule has 0 N–H and O–H groups in total. The van der Waals surface area contributed by atoms with Crippen LogP contribution in [0.4, 0.5) is 0 Å². The second kappa shape index (κ2) is 7.09. The molecular weight excluding hydrogens is 338 g/mol. The first-order valence-electron chi connectivity index (χ1n) is 8.09. The largest absolute Gasteiger partial charge is 0.298 e. The van der Waals surface area contributed by atoms with Crippen LogP contribution in [0.1, 0.15) is 12.0 Å². The van der Waals surface area contributed by atoms with Crippen LogP contribution in [0.15, 0.2) is 60.0 Å². The van der Waals surface area contributed by atoms with Crippen molar-refractivity contribution in [3.8, 4) is 0 Å². The van der Waals surface area contributed by atoms with Gasteiger partial charge in [0.1, 0.15) is 0 Å². The molecule has 0 bridgehead atoms. The predicted molar refractivity (Wildman–Crippen MR) is 101 cm³/mol. The second-order valence-electron chi connectivity index (χ2n) is 6.12. The maximum Gasteiger partial charge on any atom is 0.0548 e. The minimum atomic E-state index is 0.587. The Kier molecular flexibility index (Phi) is 4.69. The normalized spacial score (nSPS) is 18.3. The molecule has 1 saturated heterocycles. The molecule has 1 aliphatic rings. The number of rotatable bonds is 4. The Hall–Kier alpha value is -1.62. The lowest BCUT2D eigenvalue weighted by atomic mass is 10.2. The summed E-state index contributed by atoms with van der Waals surface area (Å²) in [6.45, 7) is 3.23. The summed E-state index contributed by atoms with van der Waals surface area (Å²) in [7, 11) is 0. The van der Waals surface area contributed by atoms with Crippen molar-refractivity contribution >= 4 is 34.1 Å². The Morgan fingerprint density at radius 3 is 2.79 bits per heavy atom. The zero-order valence-electron chi connectivity index (χ0n) is 13.2. The summed E-state index contributed by atoms with van der Waals surface area (Å²) >= 11 is 8.38. The molecule has 24 heavy (non-hydrogen) atoms. The van der Waals surface area contributed by atoms with E-state index in [0.29, 0.717) is 5.25 Å². The third-order valence-corrected chi connectivity index (χ3v) is 6.10. The molecule has 0 spiro atoms. The molecule has 4 rings (SSSR count). The molecule has 0 amide bonds. The predicted octanol–water partition coefficient (Wildman–Crippen LogP) is 4.65. The number of likely N-dealkylation sites (tertiary alicyclic amines) is 1. The first-order chi connectivity index (χ1) is 11.8. The average Bonchev–Trinajstić information content (AvgIpc) is 3.03. The van der Waals surface area contributed by atoms with Crippen molar-refractivity contribution in [1.82, 2.24) is 14.9 Å². The van der Waals surface area contributed by atoms with E-state index < -0.39 is 0 Å². The molecule has 0 radical (unpaired) electrons. The first kappa shape index (κ1) is 15.9. The number of benzene rings is 1. The zero-order chi connectivity index (χ0) is 16.4. The fourth-order valence-electron chi connectivity index (χ4n) is 3.14. The van der Waals surface area contributed by atoms with E-state index in [-0.39, 0.29) is 0 Å². The van der Waals surface area contributed by atoms with E-state index in [9.17, 15) is 0 Å². The van der Waals surface area contributed by atoms with Gasteiger partial charge in [-0.3, -0.25) is 14.9 Å². The third kappa shape index (κ3) is 3.56. The molecule has 3 heterocycles. The summed E-state index contributed by atoms with van der Waals surface area (Å²) in [5.41, 5.74) is 1.33. The van der Waals surface area contributed by atoms with Gasteiger partial charge < -0.3 is 0 Å². The molecule has 1 fully saturated rings. The minimum absolute atomic E-state index is 0.587. The van der Waals surface area contributed by atoms with E-state index in [0.717, 1.165) is 30.0 Å². The molecule has 1 unspecified atom stereocenters. The van der Waals surface area contributed by atoms with Gasteiger partial charge in [-0.25, -0.2) is 0 Å². The molecule has 0 aliphatic carbocycles. The topological polar surface area (TPSA) is 29.0 Å². The molecule has 5 heteroatoms. The maximum atomic E-state index is 6.48. The zero-order valence-corrected chi connectivity index (χ0v) is 14.8. The van der Waals surface area contributed by atoms with Gasteiger partial charge in [0.15, 0.2) is 0 Å². The second-order valence-corrected chi connectivity index (χ2v) is 7.87.